The van der Waals surface area contributed by atoms with Gasteiger partial charge in [-0.3, -0.25) is 0 Å². The van der Waals surface area contributed by atoms with Crippen molar-refractivity contribution < 1.29 is 17.9 Å². The second-order valence-electron chi connectivity index (χ2n) is 4.11. The third kappa shape index (κ3) is 3.06. The van der Waals surface area contributed by atoms with Crippen LogP contribution in [0, 0.1) is 5.92 Å². The standard InChI is InChI=1S/C10H14N2O4S2/c1-16-9(13)8-10(17-6-11-8)18(14,15)12-5-4-7-2-3-7/h6-7,12H,2-5H2,1H3. The fourth-order valence-corrected chi connectivity index (χ4v) is 3.75. The summed E-state index contributed by atoms with van der Waals surface area (Å²) in [6.45, 7) is 0.394. The zero-order valence-electron chi connectivity index (χ0n) is 9.88. The fraction of sp³-hybridized carbons (Fsp3) is 0.600. The summed E-state index contributed by atoms with van der Waals surface area (Å²) in [6, 6.07) is 0. The number of nitrogens with zero attached hydrogens (tertiary/aromatic N) is 1. The van der Waals surface area contributed by atoms with Crippen LogP contribution in [0.2, 0.25) is 0 Å². The molecule has 1 saturated carbocycles. The van der Waals surface area contributed by atoms with E-state index < -0.39 is 16.0 Å². The average Bonchev–Trinajstić information content (AvgIpc) is 3.01. The molecule has 0 bridgehead atoms. The minimum absolute atomic E-state index is 0.0786. The van der Waals surface area contributed by atoms with E-state index >= 15 is 0 Å². The molecule has 1 aromatic rings. The van der Waals surface area contributed by atoms with E-state index in [-0.39, 0.29) is 9.90 Å². The van der Waals surface area contributed by atoms with Crippen LogP contribution in [0.25, 0.3) is 0 Å². The lowest BCUT2D eigenvalue weighted by molar-refractivity contribution is 0.0590. The van der Waals surface area contributed by atoms with Crippen molar-refractivity contribution in [3.63, 3.8) is 0 Å². The van der Waals surface area contributed by atoms with Crippen molar-refractivity contribution in [1.29, 1.82) is 0 Å². The highest BCUT2D eigenvalue weighted by Gasteiger charge is 2.27. The average molecular weight is 290 g/mol. The summed E-state index contributed by atoms with van der Waals surface area (Å²) in [5, 5.41) is 0. The predicted octanol–water partition coefficient (Wildman–Crippen LogP) is 1.01. The SMILES string of the molecule is COC(=O)c1ncsc1S(=O)(=O)NCCC1CC1. The van der Waals surface area contributed by atoms with E-state index in [1.807, 2.05) is 0 Å². The predicted molar refractivity (Wildman–Crippen MR) is 66.0 cm³/mol. The number of sulfonamides is 1. The molecule has 1 N–H and O–H groups in total. The molecule has 0 unspecified atom stereocenters. The topological polar surface area (TPSA) is 85.4 Å². The van der Waals surface area contributed by atoms with Gasteiger partial charge in [0.05, 0.1) is 12.6 Å². The van der Waals surface area contributed by atoms with E-state index in [2.05, 4.69) is 14.4 Å². The fourth-order valence-electron chi connectivity index (χ4n) is 1.53. The van der Waals surface area contributed by atoms with Crippen LogP contribution in [-0.2, 0) is 14.8 Å². The van der Waals surface area contributed by atoms with Crippen molar-refractivity contribution in [3.8, 4) is 0 Å². The molecular weight excluding hydrogens is 276 g/mol. The maximum Gasteiger partial charge on any atom is 0.358 e. The van der Waals surface area contributed by atoms with Gasteiger partial charge in [0.15, 0.2) is 9.90 Å². The number of thiazole rings is 1. The molecule has 0 aliphatic heterocycles. The van der Waals surface area contributed by atoms with Gasteiger partial charge in [-0.05, 0) is 12.3 Å². The summed E-state index contributed by atoms with van der Waals surface area (Å²) >= 11 is 0.912. The highest BCUT2D eigenvalue weighted by Crippen LogP contribution is 2.32. The summed E-state index contributed by atoms with van der Waals surface area (Å²) in [6.07, 6.45) is 3.19. The zero-order chi connectivity index (χ0) is 13.2. The lowest BCUT2D eigenvalue weighted by Crippen LogP contribution is -2.26. The first-order valence-corrected chi connectivity index (χ1v) is 7.92. The molecule has 8 heteroatoms. The second-order valence-corrected chi connectivity index (χ2v) is 6.93. The molecule has 0 atom stereocenters. The Labute approximate surface area is 109 Å². The van der Waals surface area contributed by atoms with Crippen LogP contribution in [0.3, 0.4) is 0 Å². The number of esters is 1. The van der Waals surface area contributed by atoms with Crippen molar-refractivity contribution in [2.45, 2.75) is 23.5 Å². The van der Waals surface area contributed by atoms with Crippen LogP contribution in [0.5, 0.6) is 0 Å². The van der Waals surface area contributed by atoms with Crippen LogP contribution < -0.4 is 4.72 Å². The molecule has 0 spiro atoms. The van der Waals surface area contributed by atoms with Crippen molar-refractivity contribution in [2.24, 2.45) is 5.92 Å². The van der Waals surface area contributed by atoms with Gasteiger partial charge in [0.25, 0.3) is 10.0 Å². The second kappa shape index (κ2) is 5.33. The maximum atomic E-state index is 12.0. The Balaban J connectivity index is 2.08. The van der Waals surface area contributed by atoms with Gasteiger partial charge in [-0.1, -0.05) is 12.8 Å². The summed E-state index contributed by atoms with van der Waals surface area (Å²) in [5.41, 5.74) is 1.17. The Morgan fingerprint density at radius 2 is 2.33 bits per heavy atom. The number of nitrogens with one attached hydrogen (secondary N) is 1. The molecule has 2 rings (SSSR count). The van der Waals surface area contributed by atoms with E-state index in [9.17, 15) is 13.2 Å². The summed E-state index contributed by atoms with van der Waals surface area (Å²) in [5.74, 6) is -0.0898. The first kappa shape index (κ1) is 13.4. The van der Waals surface area contributed by atoms with Crippen molar-refractivity contribution in [1.82, 2.24) is 9.71 Å². The third-order valence-corrected chi connectivity index (χ3v) is 5.53. The molecule has 18 heavy (non-hydrogen) atoms. The maximum absolute atomic E-state index is 12.0. The summed E-state index contributed by atoms with van der Waals surface area (Å²) in [7, 11) is -2.47. The van der Waals surface area contributed by atoms with E-state index in [0.717, 1.165) is 17.8 Å². The Hall–Kier alpha value is -0.990. The molecule has 1 aromatic heterocycles. The minimum atomic E-state index is -3.67. The Bertz CT molecular complexity index is 534. The van der Waals surface area contributed by atoms with E-state index in [1.165, 1.54) is 25.5 Å². The van der Waals surface area contributed by atoms with Crippen LogP contribution in [0.15, 0.2) is 9.72 Å². The van der Waals surface area contributed by atoms with E-state index in [4.69, 9.17) is 0 Å². The lowest BCUT2D eigenvalue weighted by atomic mass is 10.3. The number of hydrogen-bond donors (Lipinski definition) is 1. The van der Waals surface area contributed by atoms with Crippen molar-refractivity contribution in [2.75, 3.05) is 13.7 Å². The van der Waals surface area contributed by atoms with Gasteiger partial charge in [0.1, 0.15) is 0 Å². The molecule has 0 aromatic carbocycles. The van der Waals surface area contributed by atoms with Gasteiger partial charge in [0.2, 0.25) is 0 Å². The molecule has 1 fully saturated rings. The number of methoxy groups -OCH3 is 1. The minimum Gasteiger partial charge on any atom is -0.464 e. The molecule has 1 heterocycles. The number of carbonyl (C=O) groups is 1. The lowest BCUT2D eigenvalue weighted by Gasteiger charge is -2.05. The number of hydrogen-bond acceptors (Lipinski definition) is 6. The van der Waals surface area contributed by atoms with Crippen LogP contribution >= 0.6 is 11.3 Å². The van der Waals surface area contributed by atoms with Gasteiger partial charge in [0, 0.05) is 6.54 Å². The molecular formula is C10H14N2O4S2. The van der Waals surface area contributed by atoms with E-state index in [1.54, 1.807) is 0 Å². The monoisotopic (exact) mass is 290 g/mol. The van der Waals surface area contributed by atoms with Gasteiger partial charge in [-0.25, -0.2) is 22.9 Å². The van der Waals surface area contributed by atoms with Crippen LogP contribution in [0.4, 0.5) is 0 Å². The Morgan fingerprint density at radius 3 is 2.94 bits per heavy atom. The van der Waals surface area contributed by atoms with E-state index in [0.29, 0.717) is 12.5 Å². The van der Waals surface area contributed by atoms with Crippen molar-refractivity contribution in [3.05, 3.63) is 11.2 Å². The van der Waals surface area contributed by atoms with Gasteiger partial charge < -0.3 is 4.74 Å². The van der Waals surface area contributed by atoms with Crippen molar-refractivity contribution >= 4 is 27.3 Å². The van der Waals surface area contributed by atoms with Crippen LogP contribution in [0.1, 0.15) is 29.8 Å². The zero-order valence-corrected chi connectivity index (χ0v) is 11.5. The summed E-state index contributed by atoms with van der Waals surface area (Å²) < 4.78 is 30.9. The molecule has 0 amide bonds. The molecule has 1 aliphatic rings. The smallest absolute Gasteiger partial charge is 0.358 e. The largest absolute Gasteiger partial charge is 0.464 e. The van der Waals surface area contributed by atoms with Gasteiger partial charge in [-0.15, -0.1) is 11.3 Å². The Morgan fingerprint density at radius 1 is 1.61 bits per heavy atom. The highest BCUT2D eigenvalue weighted by molar-refractivity contribution is 7.91. The van der Waals surface area contributed by atoms with Gasteiger partial charge >= 0.3 is 5.97 Å². The molecule has 0 radical (unpaired) electrons. The Kier molecular flexibility index (Phi) is 3.98. The number of carbonyl (C=O) groups excluding carboxylic acids is 1. The third-order valence-electron chi connectivity index (χ3n) is 2.70. The number of rotatable bonds is 6. The van der Waals surface area contributed by atoms with Crippen LogP contribution in [-0.4, -0.2) is 33.0 Å². The normalized spacial score (nSPS) is 15.6. The molecule has 6 nitrogen and oxygen atoms in total. The molecule has 100 valence electrons. The first-order chi connectivity index (χ1) is 8.54. The first-order valence-electron chi connectivity index (χ1n) is 5.56. The number of ether oxygens (including phenoxy) is 1. The number of aromatic nitrogens is 1. The highest BCUT2D eigenvalue weighted by atomic mass is 32.2. The molecule has 0 saturated heterocycles. The summed E-state index contributed by atoms with van der Waals surface area (Å²) in [4.78, 5) is 15.1. The quantitative estimate of drug-likeness (QED) is 0.790. The van der Waals surface area contributed by atoms with Gasteiger partial charge in [-0.2, -0.15) is 0 Å². The molecule has 1 aliphatic carbocycles.